The van der Waals surface area contributed by atoms with Gasteiger partial charge in [-0.2, -0.15) is 8.78 Å². The molecule has 0 spiro atoms. The molecule has 130 valence electrons. The van der Waals surface area contributed by atoms with E-state index in [0.717, 1.165) is 35.0 Å². The highest BCUT2D eigenvalue weighted by molar-refractivity contribution is 7.99. The summed E-state index contributed by atoms with van der Waals surface area (Å²) in [6, 6.07) is 12.7. The molecule has 0 saturated carbocycles. The van der Waals surface area contributed by atoms with Gasteiger partial charge in [0.25, 0.3) is 5.22 Å². The Labute approximate surface area is 147 Å². The number of benzene rings is 2. The molecule has 1 aromatic heterocycles. The van der Waals surface area contributed by atoms with E-state index in [1.165, 1.54) is 12.1 Å². The van der Waals surface area contributed by atoms with Crippen molar-refractivity contribution in [2.24, 2.45) is 0 Å². The van der Waals surface area contributed by atoms with E-state index in [-0.39, 0.29) is 5.22 Å². The summed E-state index contributed by atoms with van der Waals surface area (Å²) in [6.07, 6.45) is 0. The summed E-state index contributed by atoms with van der Waals surface area (Å²) in [5.74, 6) is -3.08. The number of aromatic nitrogens is 2. The zero-order valence-corrected chi connectivity index (χ0v) is 14.5. The molecule has 0 amide bonds. The van der Waals surface area contributed by atoms with Crippen LogP contribution in [0.15, 0.2) is 68.0 Å². The Morgan fingerprint density at radius 3 is 2.24 bits per heavy atom. The zero-order chi connectivity index (χ0) is 18.0. The lowest BCUT2D eigenvalue weighted by Crippen LogP contribution is -2.10. The van der Waals surface area contributed by atoms with E-state index >= 15 is 0 Å². The third-order valence-electron chi connectivity index (χ3n) is 3.30. The first kappa shape index (κ1) is 17.6. The average molecular weight is 382 g/mol. The molecule has 0 saturated heterocycles. The van der Waals surface area contributed by atoms with Crippen molar-refractivity contribution in [3.05, 3.63) is 54.1 Å². The topological polar surface area (TPSA) is 73.1 Å². The van der Waals surface area contributed by atoms with E-state index in [2.05, 4.69) is 10.2 Å². The van der Waals surface area contributed by atoms with Crippen LogP contribution in [-0.4, -0.2) is 24.4 Å². The minimum atomic E-state index is -4.60. The molecule has 0 fully saturated rings. The van der Waals surface area contributed by atoms with E-state index in [1.807, 2.05) is 31.2 Å². The van der Waals surface area contributed by atoms with Crippen molar-refractivity contribution in [1.82, 2.24) is 10.2 Å². The molecule has 9 heteroatoms. The number of sulfone groups is 1. The maximum Gasteiger partial charge on any atom is 0.341 e. The fourth-order valence-corrected chi connectivity index (χ4v) is 3.36. The smallest absolute Gasteiger partial charge is 0.341 e. The first-order valence-electron chi connectivity index (χ1n) is 7.07. The van der Waals surface area contributed by atoms with Gasteiger partial charge < -0.3 is 4.42 Å². The summed E-state index contributed by atoms with van der Waals surface area (Å²) in [6.45, 7) is 1.97. The Morgan fingerprint density at radius 1 is 1.00 bits per heavy atom. The first-order chi connectivity index (χ1) is 11.9. The summed E-state index contributed by atoms with van der Waals surface area (Å²) >= 11 is 1.11. The van der Waals surface area contributed by atoms with Gasteiger partial charge in [0, 0.05) is 10.5 Å². The van der Waals surface area contributed by atoms with Gasteiger partial charge in [-0.25, -0.2) is 8.42 Å². The van der Waals surface area contributed by atoms with E-state index in [0.29, 0.717) is 10.8 Å². The van der Waals surface area contributed by atoms with E-state index in [4.69, 9.17) is 4.42 Å². The van der Waals surface area contributed by atoms with Crippen LogP contribution in [0.5, 0.6) is 0 Å². The van der Waals surface area contributed by atoms with Crippen LogP contribution in [0.1, 0.15) is 5.56 Å². The molecule has 0 aliphatic rings. The standard InChI is InChI=1S/C16H12F2N2O3S2/c1-10-2-4-11(5-3-10)14-19-20-16(23-14)24-12-6-8-13(9-7-12)25(21,22)15(17)18/h2-9,15H,1H3. The highest BCUT2D eigenvalue weighted by Crippen LogP contribution is 2.30. The molecule has 0 bridgehead atoms. The number of nitrogens with zero attached hydrogens (tertiary/aromatic N) is 2. The van der Waals surface area contributed by atoms with Gasteiger partial charge in [-0.3, -0.25) is 0 Å². The molecule has 0 radical (unpaired) electrons. The summed E-state index contributed by atoms with van der Waals surface area (Å²) in [5.41, 5.74) is 1.89. The Bertz CT molecular complexity index is 969. The average Bonchev–Trinajstić information content (AvgIpc) is 3.04. The molecule has 0 unspecified atom stereocenters. The molecule has 0 atom stereocenters. The van der Waals surface area contributed by atoms with Gasteiger partial charge in [0.2, 0.25) is 15.7 Å². The second-order valence-electron chi connectivity index (χ2n) is 5.12. The highest BCUT2D eigenvalue weighted by Gasteiger charge is 2.26. The molecule has 0 N–H and O–H groups in total. The SMILES string of the molecule is Cc1ccc(-c2nnc(Sc3ccc(S(=O)(=O)C(F)F)cc3)o2)cc1. The van der Waals surface area contributed by atoms with Crippen LogP contribution in [0.25, 0.3) is 11.5 Å². The number of hydrogen-bond donors (Lipinski definition) is 0. The number of aryl methyl sites for hydroxylation is 1. The van der Waals surface area contributed by atoms with Gasteiger partial charge in [0.15, 0.2) is 0 Å². The van der Waals surface area contributed by atoms with Gasteiger partial charge in [0.1, 0.15) is 0 Å². The number of hydrogen-bond acceptors (Lipinski definition) is 6. The summed E-state index contributed by atoms with van der Waals surface area (Å²) in [7, 11) is -4.60. The van der Waals surface area contributed by atoms with Crippen LogP contribution in [0, 0.1) is 6.92 Å². The molecule has 0 aliphatic carbocycles. The molecule has 5 nitrogen and oxygen atoms in total. The quantitative estimate of drug-likeness (QED) is 0.659. The minimum absolute atomic E-state index is 0.264. The van der Waals surface area contributed by atoms with Crippen LogP contribution >= 0.6 is 11.8 Å². The Morgan fingerprint density at radius 2 is 1.64 bits per heavy atom. The second kappa shape index (κ2) is 6.93. The summed E-state index contributed by atoms with van der Waals surface area (Å²) in [4.78, 5) is 0.157. The summed E-state index contributed by atoms with van der Waals surface area (Å²) in [5, 5.41) is 8.14. The summed E-state index contributed by atoms with van der Waals surface area (Å²) < 4.78 is 53.3. The highest BCUT2D eigenvalue weighted by atomic mass is 32.2. The third-order valence-corrected chi connectivity index (χ3v) is 5.54. The predicted octanol–water partition coefficient (Wildman–Crippen LogP) is 4.19. The van der Waals surface area contributed by atoms with Gasteiger partial charge in [-0.1, -0.05) is 17.7 Å². The molecular formula is C16H12F2N2O3S2. The first-order valence-corrected chi connectivity index (χ1v) is 9.43. The fraction of sp³-hybridized carbons (Fsp3) is 0.125. The zero-order valence-electron chi connectivity index (χ0n) is 12.9. The van der Waals surface area contributed by atoms with Crippen LogP contribution < -0.4 is 0 Å². The van der Waals surface area contributed by atoms with Gasteiger partial charge in [0.05, 0.1) is 4.90 Å². The molecule has 1 heterocycles. The fourth-order valence-electron chi connectivity index (χ4n) is 1.96. The van der Waals surface area contributed by atoms with Crippen molar-refractivity contribution in [3.63, 3.8) is 0 Å². The molecular weight excluding hydrogens is 370 g/mol. The maximum atomic E-state index is 12.5. The van der Waals surface area contributed by atoms with E-state index in [9.17, 15) is 17.2 Å². The number of rotatable bonds is 5. The largest absolute Gasteiger partial charge is 0.411 e. The van der Waals surface area contributed by atoms with Crippen molar-refractivity contribution in [3.8, 4) is 11.5 Å². The van der Waals surface area contributed by atoms with E-state index < -0.39 is 20.5 Å². The Kier molecular flexibility index (Phi) is 4.87. The van der Waals surface area contributed by atoms with Crippen LogP contribution in [0.2, 0.25) is 0 Å². The van der Waals surface area contributed by atoms with Crippen molar-refractivity contribution in [2.45, 2.75) is 27.7 Å². The minimum Gasteiger partial charge on any atom is -0.411 e. The Balaban J connectivity index is 1.76. The number of alkyl halides is 2. The lowest BCUT2D eigenvalue weighted by Gasteiger charge is -2.03. The van der Waals surface area contributed by atoms with Crippen LogP contribution in [0.3, 0.4) is 0 Å². The van der Waals surface area contributed by atoms with E-state index in [1.54, 1.807) is 0 Å². The normalized spacial score (nSPS) is 11.8. The molecule has 0 aliphatic heterocycles. The lowest BCUT2D eigenvalue weighted by atomic mass is 10.1. The second-order valence-corrected chi connectivity index (χ2v) is 8.06. The van der Waals surface area contributed by atoms with Crippen molar-refractivity contribution >= 4 is 21.6 Å². The van der Waals surface area contributed by atoms with Crippen molar-refractivity contribution in [2.75, 3.05) is 0 Å². The monoisotopic (exact) mass is 382 g/mol. The number of halogens is 2. The predicted molar refractivity (Wildman–Crippen MR) is 88.2 cm³/mol. The van der Waals surface area contributed by atoms with Crippen LogP contribution in [-0.2, 0) is 9.84 Å². The van der Waals surface area contributed by atoms with Gasteiger partial charge in [-0.15, -0.1) is 10.2 Å². The molecule has 3 rings (SSSR count). The maximum absolute atomic E-state index is 12.5. The molecule has 2 aromatic carbocycles. The lowest BCUT2D eigenvalue weighted by molar-refractivity contribution is 0.234. The van der Waals surface area contributed by atoms with Gasteiger partial charge in [-0.05, 0) is 55.1 Å². The van der Waals surface area contributed by atoms with Crippen molar-refractivity contribution in [1.29, 1.82) is 0 Å². The van der Waals surface area contributed by atoms with Crippen LogP contribution in [0.4, 0.5) is 8.78 Å². The molecule has 3 aromatic rings. The molecule has 25 heavy (non-hydrogen) atoms. The van der Waals surface area contributed by atoms with Crippen molar-refractivity contribution < 1.29 is 21.6 Å². The Hall–Kier alpha value is -2.26. The van der Waals surface area contributed by atoms with Gasteiger partial charge >= 0.3 is 5.76 Å². The third kappa shape index (κ3) is 3.88.